The maximum Gasteiger partial charge on any atom is 0.0556 e. The third-order valence-corrected chi connectivity index (χ3v) is 1.21. The van der Waals surface area contributed by atoms with Gasteiger partial charge in [0.15, 0.2) is 0 Å². The zero-order valence-corrected chi connectivity index (χ0v) is 6.71. The van der Waals surface area contributed by atoms with E-state index in [0.29, 0.717) is 6.54 Å². The van der Waals surface area contributed by atoms with Gasteiger partial charge in [0.2, 0.25) is 0 Å². The summed E-state index contributed by atoms with van der Waals surface area (Å²) in [6.07, 6.45) is 5.38. The van der Waals surface area contributed by atoms with Gasteiger partial charge in [-0.05, 0) is 5.57 Å². The van der Waals surface area contributed by atoms with Crippen molar-refractivity contribution in [3.8, 4) is 0 Å². The molecule has 0 amide bonds. The molecular formula is C9H15NO. The van der Waals surface area contributed by atoms with Crippen LogP contribution in [0.2, 0.25) is 0 Å². The highest BCUT2D eigenvalue weighted by Crippen LogP contribution is 1.92. The standard InChI is InChI=1S/C9H15NO/c1-3-5-9(4-2)8-10-6-7-11/h3-5,10-11H,1-2,6-8H2/b9-5+. The van der Waals surface area contributed by atoms with Crippen molar-refractivity contribution in [3.63, 3.8) is 0 Å². The van der Waals surface area contributed by atoms with Gasteiger partial charge >= 0.3 is 0 Å². The Bertz CT molecular complexity index is 150. The maximum absolute atomic E-state index is 8.45. The molecule has 0 atom stereocenters. The summed E-state index contributed by atoms with van der Waals surface area (Å²) in [6.45, 7) is 8.73. The summed E-state index contributed by atoms with van der Waals surface area (Å²) in [5.74, 6) is 0. The van der Waals surface area contributed by atoms with E-state index in [1.165, 1.54) is 0 Å². The van der Waals surface area contributed by atoms with Gasteiger partial charge in [-0.25, -0.2) is 0 Å². The fraction of sp³-hybridized carbons (Fsp3) is 0.333. The molecule has 0 aliphatic rings. The van der Waals surface area contributed by atoms with Crippen LogP contribution in [0.15, 0.2) is 37.0 Å². The van der Waals surface area contributed by atoms with E-state index >= 15 is 0 Å². The lowest BCUT2D eigenvalue weighted by atomic mass is 10.2. The first kappa shape index (κ1) is 10.1. The van der Waals surface area contributed by atoms with Gasteiger partial charge in [-0.2, -0.15) is 0 Å². The van der Waals surface area contributed by atoms with E-state index in [0.717, 1.165) is 12.1 Å². The first-order chi connectivity index (χ1) is 5.35. The molecule has 2 nitrogen and oxygen atoms in total. The number of allylic oxidation sites excluding steroid dienone is 2. The summed E-state index contributed by atoms with van der Waals surface area (Å²) in [5.41, 5.74) is 1.08. The second kappa shape index (κ2) is 7.25. The first-order valence-electron chi connectivity index (χ1n) is 3.60. The van der Waals surface area contributed by atoms with E-state index in [2.05, 4.69) is 18.5 Å². The first-order valence-corrected chi connectivity index (χ1v) is 3.60. The smallest absolute Gasteiger partial charge is 0.0556 e. The summed E-state index contributed by atoms with van der Waals surface area (Å²) in [7, 11) is 0. The van der Waals surface area contributed by atoms with E-state index < -0.39 is 0 Å². The molecule has 62 valence electrons. The summed E-state index contributed by atoms with van der Waals surface area (Å²) in [6, 6.07) is 0. The highest BCUT2D eigenvalue weighted by Gasteiger charge is 1.87. The zero-order valence-electron chi connectivity index (χ0n) is 6.71. The third-order valence-electron chi connectivity index (χ3n) is 1.21. The normalized spacial score (nSPS) is 11.2. The number of nitrogens with one attached hydrogen (secondary N) is 1. The highest BCUT2D eigenvalue weighted by atomic mass is 16.3. The minimum absolute atomic E-state index is 0.165. The molecule has 0 unspecified atom stereocenters. The summed E-state index contributed by atoms with van der Waals surface area (Å²) < 4.78 is 0. The minimum Gasteiger partial charge on any atom is -0.395 e. The van der Waals surface area contributed by atoms with Crippen LogP contribution in [0.1, 0.15) is 0 Å². The van der Waals surface area contributed by atoms with Gasteiger partial charge in [0, 0.05) is 13.1 Å². The van der Waals surface area contributed by atoms with Crippen molar-refractivity contribution >= 4 is 0 Å². The minimum atomic E-state index is 0.165. The molecule has 0 bridgehead atoms. The fourth-order valence-corrected chi connectivity index (χ4v) is 0.662. The molecule has 0 spiro atoms. The molecule has 0 heterocycles. The lowest BCUT2D eigenvalue weighted by molar-refractivity contribution is 0.294. The molecule has 0 saturated carbocycles. The Kier molecular flexibility index (Phi) is 6.68. The van der Waals surface area contributed by atoms with Crippen LogP contribution in [0.25, 0.3) is 0 Å². The number of hydrogen-bond donors (Lipinski definition) is 2. The van der Waals surface area contributed by atoms with Crippen molar-refractivity contribution < 1.29 is 5.11 Å². The van der Waals surface area contributed by atoms with Crippen molar-refractivity contribution in [3.05, 3.63) is 37.0 Å². The second-order valence-corrected chi connectivity index (χ2v) is 2.08. The fourth-order valence-electron chi connectivity index (χ4n) is 0.662. The van der Waals surface area contributed by atoms with Crippen LogP contribution in [0.5, 0.6) is 0 Å². The molecule has 2 heteroatoms. The zero-order chi connectivity index (χ0) is 8.53. The monoisotopic (exact) mass is 153 g/mol. The van der Waals surface area contributed by atoms with Crippen LogP contribution in [0, 0.1) is 0 Å². The van der Waals surface area contributed by atoms with Gasteiger partial charge < -0.3 is 10.4 Å². The average Bonchev–Trinajstić information content (AvgIpc) is 2.03. The van der Waals surface area contributed by atoms with E-state index in [9.17, 15) is 0 Å². The van der Waals surface area contributed by atoms with Crippen molar-refractivity contribution in [2.75, 3.05) is 19.7 Å². The van der Waals surface area contributed by atoms with E-state index in [1.807, 2.05) is 6.08 Å². The lowest BCUT2D eigenvalue weighted by Crippen LogP contribution is -2.20. The van der Waals surface area contributed by atoms with Gasteiger partial charge in [0.25, 0.3) is 0 Å². The van der Waals surface area contributed by atoms with Crippen molar-refractivity contribution in [1.82, 2.24) is 5.32 Å². The number of aliphatic hydroxyl groups is 1. The van der Waals surface area contributed by atoms with Crippen molar-refractivity contribution in [2.45, 2.75) is 0 Å². The molecule has 0 saturated heterocycles. The van der Waals surface area contributed by atoms with Crippen LogP contribution < -0.4 is 5.32 Å². The van der Waals surface area contributed by atoms with Crippen molar-refractivity contribution in [1.29, 1.82) is 0 Å². The summed E-state index contributed by atoms with van der Waals surface area (Å²) >= 11 is 0. The molecule has 0 rings (SSSR count). The summed E-state index contributed by atoms with van der Waals surface area (Å²) in [5, 5.41) is 11.5. The Hall–Kier alpha value is -0.860. The van der Waals surface area contributed by atoms with Crippen LogP contribution in [-0.4, -0.2) is 24.8 Å². The number of hydrogen-bond acceptors (Lipinski definition) is 2. The molecule has 0 aromatic heterocycles. The SMILES string of the molecule is C=C/C=C(\C=C)CNCCO. The Morgan fingerprint density at radius 2 is 2.18 bits per heavy atom. The maximum atomic E-state index is 8.45. The molecule has 0 aromatic rings. The van der Waals surface area contributed by atoms with Crippen LogP contribution in [-0.2, 0) is 0 Å². The molecule has 2 N–H and O–H groups in total. The van der Waals surface area contributed by atoms with Gasteiger partial charge in [-0.3, -0.25) is 0 Å². The van der Waals surface area contributed by atoms with Gasteiger partial charge in [0.05, 0.1) is 6.61 Å². The molecule has 0 aliphatic heterocycles. The third kappa shape index (κ3) is 5.58. The van der Waals surface area contributed by atoms with Crippen LogP contribution in [0.3, 0.4) is 0 Å². The number of rotatable bonds is 6. The Balaban J connectivity index is 3.60. The molecular weight excluding hydrogens is 138 g/mol. The Morgan fingerprint density at radius 1 is 1.45 bits per heavy atom. The summed E-state index contributed by atoms with van der Waals surface area (Å²) in [4.78, 5) is 0. The molecule has 0 radical (unpaired) electrons. The predicted octanol–water partition coefficient (Wildman–Crippen LogP) is 0.867. The molecule has 11 heavy (non-hydrogen) atoms. The average molecular weight is 153 g/mol. The number of aliphatic hydroxyl groups excluding tert-OH is 1. The largest absolute Gasteiger partial charge is 0.395 e. The van der Waals surface area contributed by atoms with E-state index in [1.54, 1.807) is 12.2 Å². The molecule has 0 aliphatic carbocycles. The Labute approximate surface area is 67.9 Å². The lowest BCUT2D eigenvalue weighted by Gasteiger charge is -2.01. The van der Waals surface area contributed by atoms with Crippen LogP contribution >= 0.6 is 0 Å². The highest BCUT2D eigenvalue weighted by molar-refractivity contribution is 5.22. The van der Waals surface area contributed by atoms with Gasteiger partial charge in [-0.1, -0.05) is 31.4 Å². The Morgan fingerprint density at radius 3 is 2.64 bits per heavy atom. The van der Waals surface area contributed by atoms with E-state index in [-0.39, 0.29) is 6.61 Å². The van der Waals surface area contributed by atoms with Gasteiger partial charge in [-0.15, -0.1) is 0 Å². The van der Waals surface area contributed by atoms with Crippen LogP contribution in [0.4, 0.5) is 0 Å². The van der Waals surface area contributed by atoms with E-state index in [4.69, 9.17) is 5.11 Å². The molecule has 0 aromatic carbocycles. The quantitative estimate of drug-likeness (QED) is 0.438. The van der Waals surface area contributed by atoms with Crippen molar-refractivity contribution in [2.24, 2.45) is 0 Å². The van der Waals surface area contributed by atoms with Gasteiger partial charge in [0.1, 0.15) is 0 Å². The predicted molar refractivity (Wildman–Crippen MR) is 48.4 cm³/mol. The topological polar surface area (TPSA) is 32.3 Å². The second-order valence-electron chi connectivity index (χ2n) is 2.08. The molecule has 0 fully saturated rings.